The summed E-state index contributed by atoms with van der Waals surface area (Å²) in [6.45, 7) is 8.03. The Morgan fingerprint density at radius 2 is 1.75 bits per heavy atom. The normalized spacial score (nSPS) is 20.4. The molecule has 132 valence electrons. The Bertz CT molecular complexity index is 643. The predicted octanol–water partition coefficient (Wildman–Crippen LogP) is 3.94. The predicted molar refractivity (Wildman–Crippen MR) is 93.9 cm³/mol. The topological polar surface area (TPSA) is 52.6 Å². The van der Waals surface area contributed by atoms with Gasteiger partial charge in [0, 0.05) is 17.4 Å². The van der Waals surface area contributed by atoms with E-state index in [1.165, 1.54) is 0 Å². The Balaban J connectivity index is 2.42. The molecule has 0 amide bonds. The third-order valence-corrected chi connectivity index (χ3v) is 5.05. The van der Waals surface area contributed by atoms with E-state index in [0.29, 0.717) is 36.7 Å². The van der Waals surface area contributed by atoms with Gasteiger partial charge < -0.3 is 9.47 Å². The van der Waals surface area contributed by atoms with Crippen LogP contribution in [0.15, 0.2) is 12.1 Å². The zero-order valence-corrected chi connectivity index (χ0v) is 15.6. The molecule has 0 N–H and O–H groups in total. The first-order valence-corrected chi connectivity index (χ1v) is 8.53. The van der Waals surface area contributed by atoms with E-state index in [1.54, 1.807) is 14.2 Å². The number of carbonyl (C=O) groups excluding carboxylic acids is 2. The van der Waals surface area contributed by atoms with Gasteiger partial charge in [0.2, 0.25) is 0 Å². The van der Waals surface area contributed by atoms with Crippen molar-refractivity contribution in [2.75, 3.05) is 14.2 Å². The van der Waals surface area contributed by atoms with E-state index in [1.807, 2.05) is 26.0 Å². The summed E-state index contributed by atoms with van der Waals surface area (Å²) in [4.78, 5) is 25.0. The standard InChI is InChI=1S/C20H28O4/c1-12(2)14-8-7-13(17(23-5)18(14)24-6)11-15-16(21)9-10-20(3,4)19(15)22/h7-8,12,15H,9-11H2,1-6H3. The Kier molecular flexibility index (Phi) is 5.36. The second kappa shape index (κ2) is 6.96. The Morgan fingerprint density at radius 3 is 2.29 bits per heavy atom. The first kappa shape index (κ1) is 18.5. The molecule has 1 atom stereocenters. The van der Waals surface area contributed by atoms with Crippen LogP contribution in [0.1, 0.15) is 57.6 Å². The molecule has 4 heteroatoms. The number of rotatable bonds is 5. The van der Waals surface area contributed by atoms with Gasteiger partial charge in [0.15, 0.2) is 11.5 Å². The second-order valence-corrected chi connectivity index (χ2v) is 7.51. The third kappa shape index (κ3) is 3.33. The zero-order chi connectivity index (χ0) is 18.1. The zero-order valence-electron chi connectivity index (χ0n) is 15.6. The molecule has 1 aliphatic carbocycles. The van der Waals surface area contributed by atoms with E-state index >= 15 is 0 Å². The fourth-order valence-corrected chi connectivity index (χ4v) is 3.45. The van der Waals surface area contributed by atoms with Gasteiger partial charge in [-0.1, -0.05) is 39.8 Å². The molecule has 1 aromatic rings. The Labute approximate surface area is 144 Å². The van der Waals surface area contributed by atoms with Crippen LogP contribution in [0.4, 0.5) is 0 Å². The van der Waals surface area contributed by atoms with Crippen molar-refractivity contribution in [2.24, 2.45) is 11.3 Å². The van der Waals surface area contributed by atoms with Crippen LogP contribution in [0.5, 0.6) is 11.5 Å². The lowest BCUT2D eigenvalue weighted by molar-refractivity contribution is -0.142. The molecule has 0 spiro atoms. The molecule has 24 heavy (non-hydrogen) atoms. The summed E-state index contributed by atoms with van der Waals surface area (Å²) in [5.41, 5.74) is 1.47. The Morgan fingerprint density at radius 1 is 1.12 bits per heavy atom. The average molecular weight is 332 g/mol. The van der Waals surface area contributed by atoms with Gasteiger partial charge in [-0.15, -0.1) is 0 Å². The molecule has 1 unspecified atom stereocenters. The van der Waals surface area contributed by atoms with Gasteiger partial charge in [-0.25, -0.2) is 0 Å². The van der Waals surface area contributed by atoms with Crippen LogP contribution in [-0.4, -0.2) is 25.8 Å². The summed E-state index contributed by atoms with van der Waals surface area (Å²) in [6.07, 6.45) is 1.47. The van der Waals surface area contributed by atoms with Crippen molar-refractivity contribution in [2.45, 2.75) is 52.9 Å². The first-order valence-electron chi connectivity index (χ1n) is 8.53. The van der Waals surface area contributed by atoms with Crippen molar-refractivity contribution < 1.29 is 19.1 Å². The number of hydrogen-bond acceptors (Lipinski definition) is 4. The molecule has 0 radical (unpaired) electrons. The maximum Gasteiger partial charge on any atom is 0.164 e. The highest BCUT2D eigenvalue weighted by Gasteiger charge is 2.42. The minimum Gasteiger partial charge on any atom is -0.493 e. The van der Waals surface area contributed by atoms with E-state index in [0.717, 1.165) is 11.1 Å². The largest absolute Gasteiger partial charge is 0.493 e. The summed E-state index contributed by atoms with van der Waals surface area (Å²) in [7, 11) is 3.22. The molecule has 1 fully saturated rings. The fraction of sp³-hybridized carbons (Fsp3) is 0.600. The summed E-state index contributed by atoms with van der Waals surface area (Å²) < 4.78 is 11.1. The third-order valence-electron chi connectivity index (χ3n) is 5.05. The number of ether oxygens (including phenoxy) is 2. The van der Waals surface area contributed by atoms with Gasteiger partial charge in [0.25, 0.3) is 0 Å². The number of carbonyl (C=O) groups is 2. The maximum absolute atomic E-state index is 12.7. The number of Topliss-reactive ketones (excluding diaryl/α,β-unsaturated/α-hetero) is 2. The molecule has 4 nitrogen and oxygen atoms in total. The number of methoxy groups -OCH3 is 2. The van der Waals surface area contributed by atoms with Crippen LogP contribution >= 0.6 is 0 Å². The number of benzene rings is 1. The molecule has 0 saturated heterocycles. The summed E-state index contributed by atoms with van der Waals surface area (Å²) >= 11 is 0. The minimum atomic E-state index is -0.586. The van der Waals surface area contributed by atoms with Crippen LogP contribution in [0.2, 0.25) is 0 Å². The highest BCUT2D eigenvalue weighted by atomic mass is 16.5. The smallest absolute Gasteiger partial charge is 0.164 e. The van der Waals surface area contributed by atoms with E-state index in [4.69, 9.17) is 9.47 Å². The molecule has 0 aromatic heterocycles. The molecular weight excluding hydrogens is 304 g/mol. The summed E-state index contributed by atoms with van der Waals surface area (Å²) in [5, 5.41) is 0. The molecule has 0 aliphatic heterocycles. The van der Waals surface area contributed by atoms with Crippen LogP contribution in [0.3, 0.4) is 0 Å². The first-order chi connectivity index (χ1) is 11.2. The Hall–Kier alpha value is -1.84. The van der Waals surface area contributed by atoms with Crippen molar-refractivity contribution in [1.29, 1.82) is 0 Å². The van der Waals surface area contributed by atoms with Crippen LogP contribution < -0.4 is 9.47 Å². The van der Waals surface area contributed by atoms with Gasteiger partial charge in [-0.3, -0.25) is 9.59 Å². The monoisotopic (exact) mass is 332 g/mol. The molecule has 1 aromatic carbocycles. The molecule has 2 rings (SSSR count). The fourth-order valence-electron chi connectivity index (χ4n) is 3.45. The highest BCUT2D eigenvalue weighted by molar-refractivity contribution is 6.07. The van der Waals surface area contributed by atoms with E-state index in [9.17, 15) is 9.59 Å². The van der Waals surface area contributed by atoms with Crippen LogP contribution in [0.25, 0.3) is 0 Å². The lowest BCUT2D eigenvalue weighted by atomic mass is 9.68. The molecule has 0 bridgehead atoms. The number of hydrogen-bond donors (Lipinski definition) is 0. The van der Waals surface area contributed by atoms with Gasteiger partial charge in [0.1, 0.15) is 11.6 Å². The molecular formula is C20H28O4. The second-order valence-electron chi connectivity index (χ2n) is 7.51. The lowest BCUT2D eigenvalue weighted by Crippen LogP contribution is -2.41. The van der Waals surface area contributed by atoms with Gasteiger partial charge in [-0.05, 0) is 24.3 Å². The molecule has 1 aliphatic rings. The van der Waals surface area contributed by atoms with Crippen LogP contribution in [0, 0.1) is 11.3 Å². The van der Waals surface area contributed by atoms with Gasteiger partial charge in [0.05, 0.1) is 20.1 Å². The van der Waals surface area contributed by atoms with Crippen molar-refractivity contribution in [3.05, 3.63) is 23.3 Å². The van der Waals surface area contributed by atoms with Crippen molar-refractivity contribution >= 4 is 11.6 Å². The van der Waals surface area contributed by atoms with Gasteiger partial charge in [-0.2, -0.15) is 0 Å². The van der Waals surface area contributed by atoms with Crippen molar-refractivity contribution in [3.63, 3.8) is 0 Å². The minimum absolute atomic E-state index is 0.0349. The SMILES string of the molecule is COc1c(CC2C(=O)CCC(C)(C)C2=O)ccc(C(C)C)c1OC. The highest BCUT2D eigenvalue weighted by Crippen LogP contribution is 2.41. The van der Waals surface area contributed by atoms with Crippen LogP contribution in [-0.2, 0) is 16.0 Å². The van der Waals surface area contributed by atoms with Crippen molar-refractivity contribution in [1.82, 2.24) is 0 Å². The average Bonchev–Trinajstić information content (AvgIpc) is 2.54. The molecule has 1 saturated carbocycles. The quantitative estimate of drug-likeness (QED) is 0.766. The van der Waals surface area contributed by atoms with Gasteiger partial charge >= 0.3 is 0 Å². The van der Waals surface area contributed by atoms with Crippen molar-refractivity contribution in [3.8, 4) is 11.5 Å². The van der Waals surface area contributed by atoms with E-state index in [2.05, 4.69) is 13.8 Å². The van der Waals surface area contributed by atoms with E-state index < -0.39 is 11.3 Å². The summed E-state index contributed by atoms with van der Waals surface area (Å²) in [5.74, 6) is 1.10. The van der Waals surface area contributed by atoms with E-state index in [-0.39, 0.29) is 11.6 Å². The number of ketones is 2. The summed E-state index contributed by atoms with van der Waals surface area (Å²) in [6, 6.07) is 3.96. The maximum atomic E-state index is 12.7. The lowest BCUT2D eigenvalue weighted by Gasteiger charge is -2.33. The molecule has 0 heterocycles.